The first-order valence-corrected chi connectivity index (χ1v) is 41.0. The van der Waals surface area contributed by atoms with Crippen LogP contribution in [0.5, 0.6) is 0 Å². The Kier molecular flexibility index (Phi) is 33.7. The van der Waals surface area contributed by atoms with E-state index in [4.69, 9.17) is 75.8 Å². The minimum atomic E-state index is -1.95. The molecule has 5 heterocycles. The first-order valence-electron chi connectivity index (χ1n) is 41.0. The van der Waals surface area contributed by atoms with Crippen LogP contribution in [-0.2, 0) is 138 Å². The number of rotatable bonds is 44. The Morgan fingerprint density at radius 3 is 1.03 bits per heavy atom. The number of hydrogen-bond donors (Lipinski definition) is 5. The van der Waals surface area contributed by atoms with Gasteiger partial charge < -0.3 is 101 Å². The summed E-state index contributed by atoms with van der Waals surface area (Å²) in [6.45, 7) is 2.39. The lowest BCUT2D eigenvalue weighted by Gasteiger charge is -2.53. The fraction of sp³-hybridized carbons (Fsp3) is 0.447. The van der Waals surface area contributed by atoms with E-state index in [1.165, 1.54) is 0 Å². The summed E-state index contributed by atoms with van der Waals surface area (Å²) in [6.07, 6.45) is -22.2. The third-order valence-electron chi connectivity index (χ3n) is 21.9. The minimum Gasteiger partial charge on any atom is -0.396 e. The standard InChI is InChI=1S/C94H111NO23/c1-63-64(2)90(102)95(89(63)101)77-84(108-56-69-41-23-11-24-42-69)82(116-92-80(100)79(99)78(98)73(51-97)112-92)75(61-104-53-66-35-17-8-18-36-66)113-91(77)118-86-81(107-55-68-39-21-10-22-40-68)74(60-103-52-65-33-15-7-16-34-65)115-94(88(86)111-59-72-47-29-14-30-48-72)117-83-76(62-105-54-67-37-19-9-20-38-67)114-93(106-50-32-6-4-3-5-31-49-96)87(110-58-71-45-27-13-28-46-71)85(83)109-57-70-43-25-12-26-44-70/h7-30,33-48,73-88,91-94,96-100H,3-6,31-32,49-62H2,1-2H3/t73-,74-,75-,76-,77-,78+,79+,80-,81+,82-,83-,84-,85+,86+,87-,88-,91+,92+,93?,94+/m1/s1. The number of hydrogen-bond acceptors (Lipinski definition) is 23. The predicted octanol–water partition coefficient (Wildman–Crippen LogP) is 11.1. The fourth-order valence-corrected chi connectivity index (χ4v) is 15.3. The lowest BCUT2D eigenvalue weighted by Crippen LogP contribution is -2.71. The van der Waals surface area contributed by atoms with Gasteiger partial charge >= 0.3 is 0 Å². The average molecular weight is 1620 g/mol. The van der Waals surface area contributed by atoms with Crippen molar-refractivity contribution in [2.75, 3.05) is 39.6 Å². The minimum absolute atomic E-state index is 0.0345. The van der Waals surface area contributed by atoms with Crippen molar-refractivity contribution in [1.82, 2.24) is 4.90 Å². The Morgan fingerprint density at radius 2 is 0.610 bits per heavy atom. The molecular weight excluding hydrogens is 1510 g/mol. The molecule has 5 aliphatic rings. The van der Waals surface area contributed by atoms with Crippen LogP contribution in [0.15, 0.2) is 254 Å². The summed E-state index contributed by atoms with van der Waals surface area (Å²) < 4.78 is 115. The summed E-state index contributed by atoms with van der Waals surface area (Å²) in [5.41, 5.74) is 6.69. The van der Waals surface area contributed by atoms with Crippen LogP contribution in [0.3, 0.4) is 0 Å². The van der Waals surface area contributed by atoms with Gasteiger partial charge in [0, 0.05) is 24.4 Å². The second kappa shape index (κ2) is 45.4. The number of aliphatic hydroxyl groups excluding tert-OH is 5. The van der Waals surface area contributed by atoms with Gasteiger partial charge in [-0.05, 0) is 71.2 Å². The number of nitrogens with zero attached hydrogens (tertiary/aromatic N) is 1. The highest BCUT2D eigenvalue weighted by atomic mass is 16.8. The van der Waals surface area contributed by atoms with Crippen LogP contribution in [0.1, 0.15) is 96.9 Å². The van der Waals surface area contributed by atoms with Crippen molar-refractivity contribution in [1.29, 1.82) is 0 Å². The second-order valence-corrected chi connectivity index (χ2v) is 30.4. The normalized spacial score (nSPS) is 28.0. The molecule has 24 heteroatoms. The van der Waals surface area contributed by atoms with Gasteiger partial charge in [0.05, 0.1) is 79.3 Å². The monoisotopic (exact) mass is 1620 g/mol. The lowest BCUT2D eigenvalue weighted by atomic mass is 9.92. The zero-order valence-electron chi connectivity index (χ0n) is 66.8. The van der Waals surface area contributed by atoms with Crippen molar-refractivity contribution in [3.05, 3.63) is 298 Å². The van der Waals surface area contributed by atoms with Gasteiger partial charge in [-0.25, -0.2) is 0 Å². The maximum Gasteiger partial charge on any atom is 0.257 e. The molecule has 13 rings (SSSR count). The smallest absolute Gasteiger partial charge is 0.257 e. The van der Waals surface area contributed by atoms with Crippen LogP contribution in [0.4, 0.5) is 0 Å². The summed E-state index contributed by atoms with van der Waals surface area (Å²) in [4.78, 5) is 32.2. The Balaban J connectivity index is 0.979. The number of unbranched alkanes of at least 4 members (excludes halogenated alkanes) is 5. The van der Waals surface area contributed by atoms with E-state index in [2.05, 4.69) is 0 Å². The molecule has 0 saturated carbocycles. The molecule has 0 radical (unpaired) electrons. The van der Waals surface area contributed by atoms with E-state index in [0.717, 1.165) is 75.9 Å². The topological polar surface area (TPSA) is 286 Å². The van der Waals surface area contributed by atoms with Crippen LogP contribution in [0.2, 0.25) is 0 Å². The van der Waals surface area contributed by atoms with Gasteiger partial charge in [0.15, 0.2) is 25.2 Å². The van der Waals surface area contributed by atoms with Crippen molar-refractivity contribution in [3.8, 4) is 0 Å². The summed E-state index contributed by atoms with van der Waals surface area (Å²) in [7, 11) is 0. The largest absolute Gasteiger partial charge is 0.396 e. The number of aliphatic hydroxyl groups is 5. The number of carbonyl (C=O) groups excluding carboxylic acids is 2. The SMILES string of the molecule is CC1=C(C)C(=O)N([C@H]2[C@H](O[C@H]3[C@@H](OCc4ccccc4)[C@@H](COCc4ccccc4)O[C@@H](O[C@H]4[C@H](OCc5ccccc5)[C@@H](OCc5ccccc5)C(OCCCCCCCCO)O[C@@H]4COCc4ccccc4)[C@@H]3OCc3ccccc3)O[C@H](COCc3ccccc3)[C@@H](O[C@@H]3O[C@H](CO)[C@H](O)[C@H](O)[C@H]3O)[C@@H]2OCc2ccccc2)C1=O. The Hall–Kier alpha value is -8.20. The molecule has 118 heavy (non-hydrogen) atoms. The molecule has 2 amide bonds. The van der Waals surface area contributed by atoms with Gasteiger partial charge in [0.2, 0.25) is 0 Å². The number of carbonyl (C=O) groups is 2. The van der Waals surface area contributed by atoms with Crippen molar-refractivity contribution < 1.29 is 111 Å². The van der Waals surface area contributed by atoms with Crippen LogP contribution in [-0.4, -0.2) is 205 Å². The molecule has 4 saturated heterocycles. The summed E-state index contributed by atoms with van der Waals surface area (Å²) in [5, 5.41) is 54.8. The van der Waals surface area contributed by atoms with E-state index >= 15 is 9.59 Å². The molecule has 0 spiro atoms. The molecule has 8 aromatic rings. The van der Waals surface area contributed by atoms with Crippen molar-refractivity contribution >= 4 is 11.8 Å². The first kappa shape index (κ1) is 87.6. The number of amides is 2. The molecular formula is C94H111NO23. The average Bonchev–Trinajstić information content (AvgIpc) is 1.43. The van der Waals surface area contributed by atoms with E-state index in [-0.39, 0.29) is 90.4 Å². The summed E-state index contributed by atoms with van der Waals surface area (Å²) in [6, 6.07) is 75.0. The van der Waals surface area contributed by atoms with Crippen LogP contribution in [0, 0.1) is 0 Å². The van der Waals surface area contributed by atoms with Crippen molar-refractivity contribution in [3.63, 3.8) is 0 Å². The van der Waals surface area contributed by atoms with Gasteiger partial charge in [-0.3, -0.25) is 14.5 Å². The van der Waals surface area contributed by atoms with Crippen LogP contribution in [0.25, 0.3) is 0 Å². The van der Waals surface area contributed by atoms with Crippen LogP contribution < -0.4 is 0 Å². The highest BCUT2D eigenvalue weighted by Gasteiger charge is 2.61. The molecule has 0 aliphatic carbocycles. The van der Waals surface area contributed by atoms with Crippen molar-refractivity contribution in [2.24, 2.45) is 0 Å². The van der Waals surface area contributed by atoms with E-state index in [1.807, 2.05) is 243 Å². The maximum absolute atomic E-state index is 15.6. The molecule has 20 atom stereocenters. The quantitative estimate of drug-likeness (QED) is 0.0175. The van der Waals surface area contributed by atoms with Crippen LogP contribution >= 0.6 is 0 Å². The molecule has 1 unspecified atom stereocenters. The maximum atomic E-state index is 15.6. The van der Waals surface area contributed by atoms with Gasteiger partial charge in [-0.2, -0.15) is 0 Å². The fourth-order valence-electron chi connectivity index (χ4n) is 15.3. The zero-order valence-corrected chi connectivity index (χ0v) is 66.8. The van der Waals surface area contributed by atoms with E-state index in [0.29, 0.717) is 18.6 Å². The van der Waals surface area contributed by atoms with Crippen molar-refractivity contribution in [2.45, 2.75) is 228 Å². The summed E-state index contributed by atoms with van der Waals surface area (Å²) >= 11 is 0. The van der Waals surface area contributed by atoms with Gasteiger partial charge in [0.25, 0.3) is 11.8 Å². The molecule has 5 aliphatic heterocycles. The third-order valence-corrected chi connectivity index (χ3v) is 21.9. The van der Waals surface area contributed by atoms with E-state index < -0.39 is 141 Å². The summed E-state index contributed by atoms with van der Waals surface area (Å²) in [5.74, 6) is -1.42. The highest BCUT2D eigenvalue weighted by Crippen LogP contribution is 2.42. The zero-order chi connectivity index (χ0) is 81.8. The Labute approximate surface area is 690 Å². The van der Waals surface area contributed by atoms with Gasteiger partial charge in [-0.15, -0.1) is 0 Å². The van der Waals surface area contributed by atoms with Gasteiger partial charge in [0.1, 0.15) is 97.6 Å². The molecule has 4 fully saturated rings. The number of benzene rings is 8. The first-order chi connectivity index (χ1) is 57.9. The molecule has 24 nitrogen and oxygen atoms in total. The predicted molar refractivity (Wildman–Crippen MR) is 433 cm³/mol. The second-order valence-electron chi connectivity index (χ2n) is 30.4. The molecule has 5 N–H and O–H groups in total. The Bertz CT molecular complexity index is 4220. The Morgan fingerprint density at radius 1 is 0.297 bits per heavy atom. The molecule has 0 aromatic heterocycles. The highest BCUT2D eigenvalue weighted by molar-refractivity contribution is 6.19. The number of imide groups is 1. The molecule has 630 valence electrons. The molecule has 8 aromatic carbocycles. The third kappa shape index (κ3) is 23.9. The lowest BCUT2D eigenvalue weighted by molar-refractivity contribution is -0.395. The number of ether oxygens (including phenoxy) is 16. The van der Waals surface area contributed by atoms with E-state index in [1.54, 1.807) is 13.8 Å². The van der Waals surface area contributed by atoms with Gasteiger partial charge in [-0.1, -0.05) is 268 Å². The van der Waals surface area contributed by atoms with E-state index in [9.17, 15) is 25.5 Å². The molecule has 0 bridgehead atoms.